The van der Waals surface area contributed by atoms with Gasteiger partial charge in [0, 0.05) is 11.8 Å². The first-order chi connectivity index (χ1) is 9.34. The quantitative estimate of drug-likeness (QED) is 0.790. The van der Waals surface area contributed by atoms with Crippen molar-refractivity contribution < 1.29 is 14.4 Å². The standard InChI is InChI=1S/C16H19NO3/c1-11(18)16(2,3)13-9-14(19)17(15(13)20)10-12-7-5-4-6-8-12/h4-8,13H,9-10H2,1-3H3/t13-/m0/s1. The summed E-state index contributed by atoms with van der Waals surface area (Å²) in [5, 5.41) is 0. The molecule has 0 saturated carbocycles. The number of nitrogens with zero attached hydrogens (tertiary/aromatic N) is 1. The molecule has 1 saturated heterocycles. The van der Waals surface area contributed by atoms with Gasteiger partial charge in [0.25, 0.3) is 0 Å². The van der Waals surface area contributed by atoms with Crippen molar-refractivity contribution >= 4 is 17.6 Å². The van der Waals surface area contributed by atoms with Gasteiger partial charge in [-0.1, -0.05) is 44.2 Å². The number of carbonyl (C=O) groups excluding carboxylic acids is 3. The molecule has 2 rings (SSSR count). The molecule has 2 amide bonds. The van der Waals surface area contributed by atoms with Crippen LogP contribution in [0, 0.1) is 11.3 Å². The van der Waals surface area contributed by atoms with Gasteiger partial charge >= 0.3 is 0 Å². The smallest absolute Gasteiger partial charge is 0.234 e. The molecule has 0 radical (unpaired) electrons. The SMILES string of the molecule is CC(=O)C(C)(C)[C@H]1CC(=O)N(Cc2ccccc2)C1=O. The monoisotopic (exact) mass is 273 g/mol. The van der Waals surface area contributed by atoms with Gasteiger partial charge in [0.15, 0.2) is 0 Å². The zero-order valence-electron chi connectivity index (χ0n) is 12.1. The Balaban J connectivity index is 2.20. The lowest BCUT2D eigenvalue weighted by atomic mass is 9.75. The minimum Gasteiger partial charge on any atom is -0.299 e. The number of hydrogen-bond acceptors (Lipinski definition) is 3. The number of hydrogen-bond donors (Lipinski definition) is 0. The lowest BCUT2D eigenvalue weighted by molar-refractivity contribution is -0.143. The minimum absolute atomic E-state index is 0.0646. The molecule has 4 nitrogen and oxygen atoms in total. The highest BCUT2D eigenvalue weighted by atomic mass is 16.2. The van der Waals surface area contributed by atoms with Gasteiger partial charge in [-0.2, -0.15) is 0 Å². The van der Waals surface area contributed by atoms with Crippen LogP contribution in [0.3, 0.4) is 0 Å². The number of benzene rings is 1. The third-order valence-electron chi connectivity index (χ3n) is 4.21. The fourth-order valence-corrected chi connectivity index (χ4v) is 2.42. The third kappa shape index (κ3) is 2.50. The van der Waals surface area contributed by atoms with E-state index in [0.29, 0.717) is 0 Å². The average molecular weight is 273 g/mol. The topological polar surface area (TPSA) is 54.5 Å². The Morgan fingerprint density at radius 1 is 1.25 bits per heavy atom. The molecule has 1 heterocycles. The first-order valence-electron chi connectivity index (χ1n) is 6.73. The second-order valence-electron chi connectivity index (χ2n) is 5.84. The maximum Gasteiger partial charge on any atom is 0.234 e. The second kappa shape index (κ2) is 5.19. The van der Waals surface area contributed by atoms with E-state index in [1.807, 2.05) is 30.3 Å². The minimum atomic E-state index is -0.793. The Hall–Kier alpha value is -1.97. The molecule has 0 aromatic heterocycles. The highest BCUT2D eigenvalue weighted by molar-refractivity contribution is 6.06. The summed E-state index contributed by atoms with van der Waals surface area (Å²) in [6, 6.07) is 9.39. The summed E-state index contributed by atoms with van der Waals surface area (Å²) >= 11 is 0. The molecule has 0 N–H and O–H groups in total. The van der Waals surface area contributed by atoms with Gasteiger partial charge in [-0.3, -0.25) is 19.3 Å². The maximum absolute atomic E-state index is 12.4. The molecule has 1 aromatic rings. The summed E-state index contributed by atoms with van der Waals surface area (Å²) in [5.74, 6) is -1.04. The highest BCUT2D eigenvalue weighted by Crippen LogP contribution is 2.37. The van der Waals surface area contributed by atoms with Crippen LogP contribution in [0.2, 0.25) is 0 Å². The summed E-state index contributed by atoms with van der Waals surface area (Å²) < 4.78 is 0. The van der Waals surface area contributed by atoms with Crippen LogP contribution in [0.5, 0.6) is 0 Å². The molecular formula is C16H19NO3. The summed E-state index contributed by atoms with van der Waals surface area (Å²) in [7, 11) is 0. The molecule has 1 atom stereocenters. The zero-order valence-corrected chi connectivity index (χ0v) is 12.1. The first-order valence-corrected chi connectivity index (χ1v) is 6.73. The molecule has 106 valence electrons. The Labute approximate surface area is 118 Å². The van der Waals surface area contributed by atoms with Crippen LogP contribution >= 0.6 is 0 Å². The fourth-order valence-electron chi connectivity index (χ4n) is 2.42. The van der Waals surface area contributed by atoms with Gasteiger partial charge in [0.1, 0.15) is 5.78 Å². The lowest BCUT2D eigenvalue weighted by Gasteiger charge is -2.26. The number of Topliss-reactive ketones (excluding diaryl/α,β-unsaturated/α-hetero) is 1. The number of rotatable bonds is 4. The number of carbonyl (C=O) groups is 3. The molecule has 1 fully saturated rings. The van der Waals surface area contributed by atoms with Crippen molar-refractivity contribution in [1.82, 2.24) is 4.90 Å². The normalized spacial score (nSPS) is 19.6. The van der Waals surface area contributed by atoms with E-state index in [9.17, 15) is 14.4 Å². The average Bonchev–Trinajstić information content (AvgIpc) is 2.68. The maximum atomic E-state index is 12.4. The molecule has 1 aliphatic heterocycles. The van der Waals surface area contributed by atoms with Gasteiger partial charge in [-0.05, 0) is 12.5 Å². The van der Waals surface area contributed by atoms with Crippen molar-refractivity contribution in [2.24, 2.45) is 11.3 Å². The van der Waals surface area contributed by atoms with E-state index in [2.05, 4.69) is 0 Å². The van der Waals surface area contributed by atoms with Crippen LogP contribution in [-0.2, 0) is 20.9 Å². The van der Waals surface area contributed by atoms with Crippen molar-refractivity contribution in [3.63, 3.8) is 0 Å². The fraction of sp³-hybridized carbons (Fsp3) is 0.438. The summed E-state index contributed by atoms with van der Waals surface area (Å²) in [4.78, 5) is 37.4. The van der Waals surface area contributed by atoms with Crippen LogP contribution in [0.4, 0.5) is 0 Å². The third-order valence-corrected chi connectivity index (χ3v) is 4.21. The number of likely N-dealkylation sites (tertiary alicyclic amines) is 1. The van der Waals surface area contributed by atoms with E-state index in [1.54, 1.807) is 13.8 Å². The Morgan fingerprint density at radius 3 is 2.40 bits per heavy atom. The second-order valence-corrected chi connectivity index (χ2v) is 5.84. The van der Waals surface area contributed by atoms with Crippen molar-refractivity contribution in [2.45, 2.75) is 33.7 Å². The van der Waals surface area contributed by atoms with Crippen LogP contribution in [-0.4, -0.2) is 22.5 Å². The van der Waals surface area contributed by atoms with Crippen molar-refractivity contribution in [1.29, 1.82) is 0 Å². The number of amides is 2. The van der Waals surface area contributed by atoms with Gasteiger partial charge in [-0.15, -0.1) is 0 Å². The summed E-state index contributed by atoms with van der Waals surface area (Å²) in [5.41, 5.74) is 0.119. The molecule has 0 aliphatic carbocycles. The van der Waals surface area contributed by atoms with Gasteiger partial charge in [0.2, 0.25) is 11.8 Å². The lowest BCUT2D eigenvalue weighted by Crippen LogP contribution is -2.38. The number of imide groups is 1. The van der Waals surface area contributed by atoms with Gasteiger partial charge < -0.3 is 0 Å². The summed E-state index contributed by atoms with van der Waals surface area (Å²) in [6.07, 6.45) is 0.123. The van der Waals surface area contributed by atoms with Crippen LogP contribution in [0.15, 0.2) is 30.3 Å². The summed E-state index contributed by atoms with van der Waals surface area (Å²) in [6.45, 7) is 5.22. The zero-order chi connectivity index (χ0) is 14.9. The molecule has 1 aromatic carbocycles. The van der Waals surface area contributed by atoms with E-state index < -0.39 is 11.3 Å². The van der Waals surface area contributed by atoms with E-state index in [1.165, 1.54) is 11.8 Å². The Morgan fingerprint density at radius 2 is 1.85 bits per heavy atom. The van der Waals surface area contributed by atoms with Gasteiger partial charge in [0.05, 0.1) is 12.5 Å². The van der Waals surface area contributed by atoms with Crippen LogP contribution in [0.25, 0.3) is 0 Å². The van der Waals surface area contributed by atoms with Gasteiger partial charge in [-0.25, -0.2) is 0 Å². The number of ketones is 1. The predicted octanol–water partition coefficient (Wildman–Crippen LogP) is 2.18. The molecule has 0 spiro atoms. The van der Waals surface area contributed by atoms with Crippen LogP contribution in [0.1, 0.15) is 32.8 Å². The van der Waals surface area contributed by atoms with E-state index in [4.69, 9.17) is 0 Å². The molecule has 0 bridgehead atoms. The largest absolute Gasteiger partial charge is 0.299 e. The molecule has 0 unspecified atom stereocenters. The van der Waals surface area contributed by atoms with Crippen molar-refractivity contribution in [3.05, 3.63) is 35.9 Å². The van der Waals surface area contributed by atoms with Crippen LogP contribution < -0.4 is 0 Å². The molecule has 4 heteroatoms. The predicted molar refractivity (Wildman–Crippen MR) is 74.6 cm³/mol. The van der Waals surface area contributed by atoms with E-state index in [0.717, 1.165) is 5.56 Å². The van der Waals surface area contributed by atoms with E-state index >= 15 is 0 Å². The van der Waals surface area contributed by atoms with Crippen molar-refractivity contribution in [3.8, 4) is 0 Å². The van der Waals surface area contributed by atoms with E-state index in [-0.39, 0.29) is 30.6 Å². The first kappa shape index (κ1) is 14.4. The Kier molecular flexibility index (Phi) is 3.75. The Bertz CT molecular complexity index is 548. The molecule has 1 aliphatic rings. The highest BCUT2D eigenvalue weighted by Gasteiger charge is 2.48. The molecular weight excluding hydrogens is 254 g/mol. The van der Waals surface area contributed by atoms with Crippen molar-refractivity contribution in [2.75, 3.05) is 0 Å². The molecule has 20 heavy (non-hydrogen) atoms.